The zero-order chi connectivity index (χ0) is 11.4. The second-order valence-corrected chi connectivity index (χ2v) is 4.84. The van der Waals surface area contributed by atoms with Crippen LogP contribution in [0, 0.1) is 0 Å². The molecule has 0 aromatic carbocycles. The fraction of sp³-hybridized carbons (Fsp3) is 0.600. The van der Waals surface area contributed by atoms with Gasteiger partial charge in [0.2, 0.25) is 0 Å². The molecule has 15 heavy (non-hydrogen) atoms. The van der Waals surface area contributed by atoms with Gasteiger partial charge >= 0.3 is 5.97 Å². The highest BCUT2D eigenvalue weighted by molar-refractivity contribution is 7.11. The molecule has 0 aliphatic heterocycles. The summed E-state index contributed by atoms with van der Waals surface area (Å²) in [4.78, 5) is 17.9. The SMILES string of the molecule is CCCc1nc(C(=O)O)c(CN(C)C)s1. The summed E-state index contributed by atoms with van der Waals surface area (Å²) in [5, 5.41) is 9.91. The van der Waals surface area contributed by atoms with E-state index in [9.17, 15) is 4.79 Å². The van der Waals surface area contributed by atoms with Crippen LogP contribution in [0.5, 0.6) is 0 Å². The Morgan fingerprint density at radius 3 is 2.67 bits per heavy atom. The van der Waals surface area contributed by atoms with E-state index in [0.29, 0.717) is 6.54 Å². The molecule has 0 saturated heterocycles. The summed E-state index contributed by atoms with van der Waals surface area (Å²) in [6.07, 6.45) is 1.85. The largest absolute Gasteiger partial charge is 0.476 e. The molecule has 0 aliphatic carbocycles. The first-order valence-corrected chi connectivity index (χ1v) is 5.72. The Morgan fingerprint density at radius 2 is 2.20 bits per heavy atom. The van der Waals surface area contributed by atoms with Crippen LogP contribution in [-0.2, 0) is 13.0 Å². The van der Waals surface area contributed by atoms with E-state index in [0.717, 1.165) is 22.7 Å². The average molecular weight is 228 g/mol. The van der Waals surface area contributed by atoms with Gasteiger partial charge in [-0.15, -0.1) is 11.3 Å². The van der Waals surface area contributed by atoms with E-state index in [1.807, 2.05) is 19.0 Å². The third-order valence-corrected chi connectivity index (χ3v) is 2.97. The molecule has 1 rings (SSSR count). The topological polar surface area (TPSA) is 53.4 Å². The maximum Gasteiger partial charge on any atom is 0.355 e. The van der Waals surface area contributed by atoms with Gasteiger partial charge in [-0.25, -0.2) is 9.78 Å². The van der Waals surface area contributed by atoms with Gasteiger partial charge in [-0.1, -0.05) is 6.92 Å². The molecule has 1 aromatic heterocycles. The average Bonchev–Trinajstić information content (AvgIpc) is 2.47. The summed E-state index contributed by atoms with van der Waals surface area (Å²) in [6, 6.07) is 0. The van der Waals surface area contributed by atoms with Crippen LogP contribution in [0.1, 0.15) is 33.7 Å². The van der Waals surface area contributed by atoms with Crippen molar-refractivity contribution in [2.24, 2.45) is 0 Å². The highest BCUT2D eigenvalue weighted by atomic mass is 32.1. The lowest BCUT2D eigenvalue weighted by Crippen LogP contribution is -2.12. The van der Waals surface area contributed by atoms with Crippen LogP contribution in [0.2, 0.25) is 0 Å². The lowest BCUT2D eigenvalue weighted by molar-refractivity contribution is 0.0689. The summed E-state index contributed by atoms with van der Waals surface area (Å²) >= 11 is 1.51. The number of carbonyl (C=O) groups is 1. The van der Waals surface area contributed by atoms with Crippen molar-refractivity contribution in [2.75, 3.05) is 14.1 Å². The van der Waals surface area contributed by atoms with Crippen LogP contribution in [0.15, 0.2) is 0 Å². The second-order valence-electron chi connectivity index (χ2n) is 3.67. The Bertz CT molecular complexity index is 347. The van der Waals surface area contributed by atoms with Gasteiger partial charge in [0, 0.05) is 6.54 Å². The minimum atomic E-state index is -0.926. The highest BCUT2D eigenvalue weighted by Gasteiger charge is 2.17. The maximum absolute atomic E-state index is 10.9. The summed E-state index contributed by atoms with van der Waals surface area (Å²) in [5.41, 5.74) is 0.220. The number of hydrogen-bond donors (Lipinski definition) is 1. The van der Waals surface area contributed by atoms with Crippen molar-refractivity contribution in [1.82, 2.24) is 9.88 Å². The molecule has 4 nitrogen and oxygen atoms in total. The Labute approximate surface area is 93.6 Å². The van der Waals surface area contributed by atoms with Crippen LogP contribution in [-0.4, -0.2) is 35.1 Å². The second kappa shape index (κ2) is 5.23. The molecule has 84 valence electrons. The number of rotatable bonds is 5. The van der Waals surface area contributed by atoms with E-state index in [2.05, 4.69) is 11.9 Å². The third kappa shape index (κ3) is 3.28. The molecule has 1 N–H and O–H groups in total. The van der Waals surface area contributed by atoms with Gasteiger partial charge in [0.05, 0.1) is 9.88 Å². The summed E-state index contributed by atoms with van der Waals surface area (Å²) in [5.74, 6) is -0.926. The van der Waals surface area contributed by atoms with Crippen LogP contribution >= 0.6 is 11.3 Å². The Morgan fingerprint density at radius 1 is 1.53 bits per heavy atom. The van der Waals surface area contributed by atoms with E-state index in [1.54, 1.807) is 0 Å². The summed E-state index contributed by atoms with van der Waals surface area (Å²) < 4.78 is 0. The molecular formula is C10H16N2O2S. The molecule has 0 fully saturated rings. The van der Waals surface area contributed by atoms with Crippen molar-refractivity contribution in [1.29, 1.82) is 0 Å². The molecule has 0 aliphatic rings. The minimum absolute atomic E-state index is 0.220. The first-order chi connectivity index (χ1) is 7.04. The predicted molar refractivity (Wildman–Crippen MR) is 60.5 cm³/mol. The molecule has 0 spiro atoms. The third-order valence-electron chi connectivity index (χ3n) is 1.87. The van der Waals surface area contributed by atoms with Gasteiger partial charge in [-0.3, -0.25) is 0 Å². The molecule has 1 heterocycles. The summed E-state index contributed by atoms with van der Waals surface area (Å²) in [6.45, 7) is 2.70. The van der Waals surface area contributed by atoms with Gasteiger partial charge in [-0.05, 0) is 26.9 Å². The van der Waals surface area contributed by atoms with Crippen molar-refractivity contribution in [2.45, 2.75) is 26.3 Å². The van der Waals surface area contributed by atoms with Gasteiger partial charge in [0.25, 0.3) is 0 Å². The Balaban J connectivity index is 2.95. The Hall–Kier alpha value is -0.940. The van der Waals surface area contributed by atoms with Crippen molar-refractivity contribution >= 4 is 17.3 Å². The molecule has 0 radical (unpaired) electrons. The monoisotopic (exact) mass is 228 g/mol. The van der Waals surface area contributed by atoms with E-state index in [-0.39, 0.29) is 5.69 Å². The van der Waals surface area contributed by atoms with Crippen LogP contribution in [0.25, 0.3) is 0 Å². The molecule has 0 unspecified atom stereocenters. The van der Waals surface area contributed by atoms with Crippen LogP contribution in [0.4, 0.5) is 0 Å². The fourth-order valence-corrected chi connectivity index (χ4v) is 2.56. The highest BCUT2D eigenvalue weighted by Crippen LogP contribution is 2.21. The number of aryl methyl sites for hydroxylation is 1. The number of aromatic nitrogens is 1. The summed E-state index contributed by atoms with van der Waals surface area (Å²) in [7, 11) is 3.84. The molecular weight excluding hydrogens is 212 g/mol. The molecule has 5 heteroatoms. The van der Waals surface area contributed by atoms with Crippen molar-refractivity contribution in [3.63, 3.8) is 0 Å². The van der Waals surface area contributed by atoms with Crippen molar-refractivity contribution in [3.8, 4) is 0 Å². The quantitative estimate of drug-likeness (QED) is 0.835. The first-order valence-electron chi connectivity index (χ1n) is 4.91. The van der Waals surface area contributed by atoms with E-state index in [4.69, 9.17) is 5.11 Å². The number of thiazole rings is 1. The van der Waals surface area contributed by atoms with Crippen molar-refractivity contribution in [3.05, 3.63) is 15.6 Å². The smallest absolute Gasteiger partial charge is 0.355 e. The Kier molecular flexibility index (Phi) is 4.23. The molecule has 0 amide bonds. The standard InChI is InChI=1S/C10H16N2O2S/c1-4-5-8-11-9(10(13)14)7(15-8)6-12(2)3/h4-6H2,1-3H3,(H,13,14). The lowest BCUT2D eigenvalue weighted by atomic mass is 10.3. The molecule has 0 saturated carbocycles. The van der Waals surface area contributed by atoms with Crippen molar-refractivity contribution < 1.29 is 9.90 Å². The minimum Gasteiger partial charge on any atom is -0.476 e. The fourth-order valence-electron chi connectivity index (χ4n) is 1.28. The van der Waals surface area contributed by atoms with Crippen LogP contribution < -0.4 is 0 Å². The van der Waals surface area contributed by atoms with E-state index in [1.165, 1.54) is 11.3 Å². The van der Waals surface area contributed by atoms with Crippen LogP contribution in [0.3, 0.4) is 0 Å². The number of hydrogen-bond acceptors (Lipinski definition) is 4. The number of carboxylic acids is 1. The van der Waals surface area contributed by atoms with Gasteiger partial charge in [0.15, 0.2) is 5.69 Å². The van der Waals surface area contributed by atoms with Gasteiger partial charge in [-0.2, -0.15) is 0 Å². The molecule has 0 bridgehead atoms. The normalized spacial score (nSPS) is 10.9. The predicted octanol–water partition coefficient (Wildman–Crippen LogP) is 1.86. The number of carboxylic acid groups (broad SMARTS) is 1. The zero-order valence-electron chi connectivity index (χ0n) is 9.28. The number of aromatic carboxylic acids is 1. The maximum atomic E-state index is 10.9. The number of nitrogens with zero attached hydrogens (tertiary/aromatic N) is 2. The van der Waals surface area contributed by atoms with E-state index >= 15 is 0 Å². The lowest BCUT2D eigenvalue weighted by Gasteiger charge is -2.06. The zero-order valence-corrected chi connectivity index (χ0v) is 10.1. The van der Waals surface area contributed by atoms with Gasteiger partial charge in [0.1, 0.15) is 0 Å². The van der Waals surface area contributed by atoms with Gasteiger partial charge < -0.3 is 10.0 Å². The molecule has 1 aromatic rings. The molecule has 0 atom stereocenters. The first kappa shape index (κ1) is 12.1. The van der Waals surface area contributed by atoms with E-state index < -0.39 is 5.97 Å².